The van der Waals surface area contributed by atoms with E-state index in [2.05, 4.69) is 20.7 Å². The van der Waals surface area contributed by atoms with Crippen LogP contribution in [0, 0.1) is 5.82 Å². The van der Waals surface area contributed by atoms with Gasteiger partial charge in [-0.15, -0.1) is 0 Å². The third-order valence-corrected chi connectivity index (χ3v) is 2.96. The number of nitrogens with zero attached hydrogens (tertiary/aromatic N) is 2. The van der Waals surface area contributed by atoms with E-state index in [1.807, 2.05) is 6.92 Å². The molecule has 1 atom stereocenters. The molecular formula is C13H14F4N4. The Morgan fingerprint density at radius 3 is 2.62 bits per heavy atom. The summed E-state index contributed by atoms with van der Waals surface area (Å²) in [6, 6.07) is 2.35. The van der Waals surface area contributed by atoms with Gasteiger partial charge in [0.25, 0.3) is 0 Å². The Kier molecular flexibility index (Phi) is 4.56. The summed E-state index contributed by atoms with van der Waals surface area (Å²) in [5.41, 5.74) is -0.425. The first kappa shape index (κ1) is 15.4. The van der Waals surface area contributed by atoms with Gasteiger partial charge in [0.15, 0.2) is 0 Å². The molecule has 0 saturated carbocycles. The molecule has 114 valence electrons. The smallest absolute Gasteiger partial charge is 0.305 e. The largest absolute Gasteiger partial charge is 0.419 e. The fraction of sp³-hybridized carbons (Fsp3) is 0.385. The number of alkyl halides is 3. The number of halogens is 4. The number of aromatic amines is 1. The number of rotatable bonds is 5. The van der Waals surface area contributed by atoms with Crippen LogP contribution >= 0.6 is 0 Å². The quantitative estimate of drug-likeness (QED) is 0.835. The summed E-state index contributed by atoms with van der Waals surface area (Å²) in [6.07, 6.45) is -2.44. The van der Waals surface area contributed by atoms with Crippen molar-refractivity contribution >= 4 is 0 Å². The standard InChI is InChI=1S/C13H14F4N4/c1-2-5-18-12(11-7-19-21-20-11)8-3-4-9(10(14)6-8)13(15,16)17/h3-4,6-7,12,18H,2,5H2,1H3,(H,19,20,21). The molecule has 0 fully saturated rings. The third-order valence-electron chi connectivity index (χ3n) is 2.96. The molecule has 2 rings (SSSR count). The molecule has 2 aromatic rings. The minimum absolute atomic E-state index is 0.364. The van der Waals surface area contributed by atoms with E-state index < -0.39 is 23.6 Å². The van der Waals surface area contributed by atoms with Crippen molar-refractivity contribution in [1.29, 1.82) is 0 Å². The van der Waals surface area contributed by atoms with Crippen molar-refractivity contribution in [3.63, 3.8) is 0 Å². The molecule has 4 nitrogen and oxygen atoms in total. The van der Waals surface area contributed by atoms with E-state index in [4.69, 9.17) is 0 Å². The first-order chi connectivity index (χ1) is 9.93. The molecule has 0 radical (unpaired) electrons. The van der Waals surface area contributed by atoms with Crippen LogP contribution in [-0.4, -0.2) is 22.0 Å². The van der Waals surface area contributed by atoms with Crippen LogP contribution in [0.2, 0.25) is 0 Å². The SMILES string of the molecule is CCCNC(c1ccc(C(F)(F)F)c(F)c1)c1cn[nH]n1. The van der Waals surface area contributed by atoms with Crippen LogP contribution in [-0.2, 0) is 6.18 Å². The van der Waals surface area contributed by atoms with Gasteiger partial charge in [0.1, 0.15) is 11.5 Å². The first-order valence-electron chi connectivity index (χ1n) is 6.39. The van der Waals surface area contributed by atoms with E-state index in [1.54, 1.807) is 0 Å². The zero-order valence-electron chi connectivity index (χ0n) is 11.2. The maximum absolute atomic E-state index is 13.7. The molecule has 0 aliphatic heterocycles. The minimum Gasteiger partial charge on any atom is -0.305 e. The highest BCUT2D eigenvalue weighted by atomic mass is 19.4. The molecular weight excluding hydrogens is 288 g/mol. The van der Waals surface area contributed by atoms with Gasteiger partial charge in [-0.1, -0.05) is 13.0 Å². The summed E-state index contributed by atoms with van der Waals surface area (Å²) in [5, 5.41) is 13.1. The van der Waals surface area contributed by atoms with Gasteiger partial charge in [-0.25, -0.2) is 4.39 Å². The Bertz CT molecular complexity index is 580. The third kappa shape index (κ3) is 3.57. The Morgan fingerprint density at radius 1 is 1.33 bits per heavy atom. The molecule has 1 unspecified atom stereocenters. The van der Waals surface area contributed by atoms with Crippen LogP contribution in [0.5, 0.6) is 0 Å². The van der Waals surface area contributed by atoms with Crippen LogP contribution in [0.1, 0.15) is 36.2 Å². The molecule has 1 heterocycles. The van der Waals surface area contributed by atoms with E-state index in [1.165, 1.54) is 12.3 Å². The number of hydrogen-bond acceptors (Lipinski definition) is 3. The van der Waals surface area contributed by atoms with Crippen molar-refractivity contribution in [2.75, 3.05) is 6.54 Å². The highest BCUT2D eigenvalue weighted by molar-refractivity contribution is 5.32. The first-order valence-corrected chi connectivity index (χ1v) is 6.39. The predicted molar refractivity (Wildman–Crippen MR) is 67.9 cm³/mol. The lowest BCUT2D eigenvalue weighted by Crippen LogP contribution is -2.24. The van der Waals surface area contributed by atoms with Crippen LogP contribution in [0.15, 0.2) is 24.4 Å². The van der Waals surface area contributed by atoms with Crippen molar-refractivity contribution in [3.8, 4) is 0 Å². The van der Waals surface area contributed by atoms with Crippen LogP contribution in [0.4, 0.5) is 17.6 Å². The van der Waals surface area contributed by atoms with Gasteiger partial charge < -0.3 is 5.32 Å². The van der Waals surface area contributed by atoms with Gasteiger partial charge in [0.05, 0.1) is 17.8 Å². The zero-order valence-corrected chi connectivity index (χ0v) is 11.2. The Morgan fingerprint density at radius 2 is 2.10 bits per heavy atom. The van der Waals surface area contributed by atoms with E-state index in [9.17, 15) is 17.6 Å². The maximum Gasteiger partial charge on any atom is 0.419 e. The lowest BCUT2D eigenvalue weighted by atomic mass is 10.0. The van der Waals surface area contributed by atoms with Gasteiger partial charge in [0.2, 0.25) is 0 Å². The Hall–Kier alpha value is -1.96. The summed E-state index contributed by atoms with van der Waals surface area (Å²) in [4.78, 5) is 0. The minimum atomic E-state index is -4.71. The summed E-state index contributed by atoms with van der Waals surface area (Å²) in [7, 11) is 0. The van der Waals surface area contributed by atoms with Crippen molar-refractivity contribution < 1.29 is 17.6 Å². The molecule has 0 saturated heterocycles. The number of benzene rings is 1. The summed E-state index contributed by atoms with van der Waals surface area (Å²) in [6.45, 7) is 2.56. The second-order valence-electron chi connectivity index (χ2n) is 4.52. The van der Waals surface area contributed by atoms with E-state index in [0.29, 0.717) is 17.8 Å². The average Bonchev–Trinajstić information content (AvgIpc) is 2.91. The van der Waals surface area contributed by atoms with Gasteiger partial charge in [-0.05, 0) is 30.7 Å². The van der Waals surface area contributed by atoms with Crippen LogP contribution in [0.3, 0.4) is 0 Å². The van der Waals surface area contributed by atoms with E-state index in [0.717, 1.165) is 18.6 Å². The number of H-pyrrole nitrogens is 1. The average molecular weight is 302 g/mol. The molecule has 1 aromatic heterocycles. The fourth-order valence-corrected chi connectivity index (χ4v) is 1.97. The second kappa shape index (κ2) is 6.21. The van der Waals surface area contributed by atoms with Gasteiger partial charge in [-0.2, -0.15) is 28.6 Å². The number of hydrogen-bond donors (Lipinski definition) is 2. The van der Waals surface area contributed by atoms with Crippen LogP contribution in [0.25, 0.3) is 0 Å². The molecule has 0 spiro atoms. The lowest BCUT2D eigenvalue weighted by Gasteiger charge is -2.17. The predicted octanol–water partition coefficient (Wildman–Crippen LogP) is 3.05. The van der Waals surface area contributed by atoms with E-state index >= 15 is 0 Å². The van der Waals surface area contributed by atoms with Gasteiger partial charge in [0, 0.05) is 0 Å². The monoisotopic (exact) mass is 302 g/mol. The summed E-state index contributed by atoms with van der Waals surface area (Å²) >= 11 is 0. The number of aromatic nitrogens is 3. The maximum atomic E-state index is 13.7. The molecule has 21 heavy (non-hydrogen) atoms. The molecule has 8 heteroatoms. The van der Waals surface area contributed by atoms with Crippen LogP contribution < -0.4 is 5.32 Å². The molecule has 1 aromatic carbocycles. The second-order valence-corrected chi connectivity index (χ2v) is 4.52. The Labute approximate surface area is 118 Å². The summed E-state index contributed by atoms with van der Waals surface area (Å²) < 4.78 is 51.4. The highest BCUT2D eigenvalue weighted by Crippen LogP contribution is 2.33. The van der Waals surface area contributed by atoms with Crippen molar-refractivity contribution in [2.24, 2.45) is 0 Å². The Balaban J connectivity index is 2.35. The van der Waals surface area contributed by atoms with Crippen molar-refractivity contribution in [2.45, 2.75) is 25.6 Å². The van der Waals surface area contributed by atoms with Crippen molar-refractivity contribution in [3.05, 3.63) is 47.0 Å². The van der Waals surface area contributed by atoms with Crippen molar-refractivity contribution in [1.82, 2.24) is 20.7 Å². The number of nitrogens with one attached hydrogen (secondary N) is 2. The normalized spacial score (nSPS) is 13.4. The molecule has 2 N–H and O–H groups in total. The zero-order chi connectivity index (χ0) is 15.5. The highest BCUT2D eigenvalue weighted by Gasteiger charge is 2.34. The molecule has 0 bridgehead atoms. The lowest BCUT2D eigenvalue weighted by molar-refractivity contribution is -0.140. The fourth-order valence-electron chi connectivity index (χ4n) is 1.97. The molecule has 0 aliphatic carbocycles. The van der Waals surface area contributed by atoms with Gasteiger partial charge >= 0.3 is 6.18 Å². The van der Waals surface area contributed by atoms with E-state index in [-0.39, 0.29) is 0 Å². The molecule has 0 aliphatic rings. The molecule has 0 amide bonds. The summed E-state index contributed by atoms with van der Waals surface area (Å²) in [5.74, 6) is -1.30. The van der Waals surface area contributed by atoms with Gasteiger partial charge in [-0.3, -0.25) is 0 Å². The topological polar surface area (TPSA) is 53.6 Å².